The van der Waals surface area contributed by atoms with Crippen LogP contribution in [0.4, 0.5) is 5.95 Å². The van der Waals surface area contributed by atoms with Crippen LogP contribution in [0.5, 0.6) is 0 Å². The van der Waals surface area contributed by atoms with E-state index in [2.05, 4.69) is 15.3 Å². The number of hydrogen-bond donors (Lipinski definition) is 1. The maximum atomic E-state index is 12.0. The quantitative estimate of drug-likeness (QED) is 0.896. The Morgan fingerprint density at radius 2 is 1.70 bits per heavy atom. The number of anilines is 1. The lowest BCUT2D eigenvalue weighted by atomic mass is 10.4. The van der Waals surface area contributed by atoms with Crippen LogP contribution in [0.1, 0.15) is 6.42 Å². The third-order valence-electron chi connectivity index (χ3n) is 2.52. The van der Waals surface area contributed by atoms with Crippen molar-refractivity contribution < 1.29 is 13.2 Å². The molecule has 0 aliphatic heterocycles. The van der Waals surface area contributed by atoms with Crippen LogP contribution in [0.15, 0.2) is 53.7 Å². The molecule has 0 aliphatic rings. The molecule has 0 saturated heterocycles. The van der Waals surface area contributed by atoms with Crippen LogP contribution >= 0.6 is 0 Å². The van der Waals surface area contributed by atoms with Crippen molar-refractivity contribution in [3.63, 3.8) is 0 Å². The van der Waals surface area contributed by atoms with Gasteiger partial charge in [-0.25, -0.2) is 18.4 Å². The Bertz CT molecular complexity index is 673. The second kappa shape index (κ2) is 6.25. The molecular weight excluding hydrogens is 278 g/mol. The monoisotopic (exact) mass is 291 g/mol. The summed E-state index contributed by atoms with van der Waals surface area (Å²) in [4.78, 5) is 19.5. The Kier molecular flexibility index (Phi) is 4.41. The minimum Gasteiger partial charge on any atom is -0.295 e. The summed E-state index contributed by atoms with van der Waals surface area (Å²) in [7, 11) is -3.45. The first-order valence-corrected chi connectivity index (χ1v) is 7.58. The van der Waals surface area contributed by atoms with Gasteiger partial charge in [-0.15, -0.1) is 0 Å². The van der Waals surface area contributed by atoms with Gasteiger partial charge in [0.25, 0.3) is 0 Å². The molecule has 0 atom stereocenters. The molecule has 0 spiro atoms. The smallest absolute Gasteiger partial charge is 0.229 e. The molecule has 0 aliphatic carbocycles. The predicted octanol–water partition coefficient (Wildman–Crippen LogP) is 1.28. The molecule has 1 aromatic heterocycles. The van der Waals surface area contributed by atoms with Crippen molar-refractivity contribution in [3.8, 4) is 0 Å². The summed E-state index contributed by atoms with van der Waals surface area (Å²) in [5, 5.41) is 2.44. The van der Waals surface area contributed by atoms with Gasteiger partial charge in [-0.1, -0.05) is 18.2 Å². The average molecular weight is 291 g/mol. The van der Waals surface area contributed by atoms with Gasteiger partial charge in [0.15, 0.2) is 9.84 Å². The topological polar surface area (TPSA) is 89.0 Å². The number of amides is 1. The lowest BCUT2D eigenvalue weighted by molar-refractivity contribution is -0.115. The summed E-state index contributed by atoms with van der Waals surface area (Å²) in [5.74, 6) is -0.527. The highest BCUT2D eigenvalue weighted by Gasteiger charge is 2.16. The lowest BCUT2D eigenvalue weighted by Gasteiger charge is -2.05. The zero-order valence-electron chi connectivity index (χ0n) is 10.6. The van der Waals surface area contributed by atoms with Crippen molar-refractivity contribution >= 4 is 21.7 Å². The van der Waals surface area contributed by atoms with Crippen molar-refractivity contribution in [3.05, 3.63) is 48.8 Å². The number of hydrogen-bond acceptors (Lipinski definition) is 5. The molecule has 7 heteroatoms. The third kappa shape index (κ3) is 3.86. The third-order valence-corrected chi connectivity index (χ3v) is 4.25. The fourth-order valence-electron chi connectivity index (χ4n) is 1.52. The molecule has 2 rings (SSSR count). The highest BCUT2D eigenvalue weighted by Crippen LogP contribution is 2.11. The molecule has 0 radical (unpaired) electrons. The molecule has 1 aromatic carbocycles. The van der Waals surface area contributed by atoms with Gasteiger partial charge in [-0.2, -0.15) is 0 Å². The van der Waals surface area contributed by atoms with E-state index in [-0.39, 0.29) is 23.0 Å². The normalized spacial score (nSPS) is 11.0. The molecule has 1 amide bonds. The molecule has 6 nitrogen and oxygen atoms in total. The molecule has 1 N–H and O–H groups in total. The number of benzene rings is 1. The van der Waals surface area contributed by atoms with Crippen molar-refractivity contribution in [2.45, 2.75) is 11.3 Å². The lowest BCUT2D eigenvalue weighted by Crippen LogP contribution is -2.18. The predicted molar refractivity (Wildman–Crippen MR) is 73.8 cm³/mol. The molecule has 0 unspecified atom stereocenters. The zero-order valence-corrected chi connectivity index (χ0v) is 11.4. The maximum absolute atomic E-state index is 12.0. The van der Waals surface area contributed by atoms with Gasteiger partial charge in [0, 0.05) is 18.8 Å². The fraction of sp³-hybridized carbons (Fsp3) is 0.154. The summed E-state index contributed by atoms with van der Waals surface area (Å²) >= 11 is 0. The highest BCUT2D eigenvalue weighted by atomic mass is 32.2. The number of rotatable bonds is 5. The molecule has 0 bridgehead atoms. The molecule has 0 saturated carbocycles. The first kappa shape index (κ1) is 14.1. The fourth-order valence-corrected chi connectivity index (χ4v) is 2.79. The van der Waals surface area contributed by atoms with Crippen LogP contribution in [-0.2, 0) is 14.6 Å². The van der Waals surface area contributed by atoms with Crippen molar-refractivity contribution in [2.75, 3.05) is 11.1 Å². The molecule has 2 aromatic rings. The SMILES string of the molecule is O=C(CCS(=O)(=O)c1ccccc1)Nc1ncccn1. The summed E-state index contributed by atoms with van der Waals surface area (Å²) in [6.07, 6.45) is 2.84. The molecule has 104 valence electrons. The van der Waals surface area contributed by atoms with E-state index in [1.807, 2.05) is 0 Å². The zero-order chi connectivity index (χ0) is 14.4. The standard InChI is InChI=1S/C13H13N3O3S/c17-12(16-13-14-8-4-9-15-13)7-10-20(18,19)11-5-2-1-3-6-11/h1-6,8-9H,7,10H2,(H,14,15,16,17). The van der Waals surface area contributed by atoms with Crippen molar-refractivity contribution in [2.24, 2.45) is 0 Å². The second-order valence-corrected chi connectivity index (χ2v) is 6.11. The van der Waals surface area contributed by atoms with Gasteiger partial charge in [-0.3, -0.25) is 10.1 Å². The maximum Gasteiger partial charge on any atom is 0.229 e. The van der Waals surface area contributed by atoms with E-state index in [1.54, 1.807) is 24.3 Å². The minimum absolute atomic E-state index is 0.143. The van der Waals surface area contributed by atoms with Crippen LogP contribution < -0.4 is 5.32 Å². The summed E-state index contributed by atoms with van der Waals surface area (Å²) in [5.41, 5.74) is 0. The minimum atomic E-state index is -3.45. The van der Waals surface area contributed by atoms with E-state index in [4.69, 9.17) is 0 Å². The summed E-state index contributed by atoms with van der Waals surface area (Å²) in [6.45, 7) is 0. The molecule has 0 fully saturated rings. The number of carbonyl (C=O) groups excluding carboxylic acids is 1. The van der Waals surface area contributed by atoms with Gasteiger partial charge in [-0.05, 0) is 18.2 Å². The number of aromatic nitrogens is 2. The molecule has 1 heterocycles. The molecular formula is C13H13N3O3S. The average Bonchev–Trinajstić information content (AvgIpc) is 2.47. The van der Waals surface area contributed by atoms with Gasteiger partial charge in [0.05, 0.1) is 10.6 Å². The van der Waals surface area contributed by atoms with Crippen LogP contribution in [-0.4, -0.2) is 30.0 Å². The van der Waals surface area contributed by atoms with Crippen LogP contribution in [0.3, 0.4) is 0 Å². The van der Waals surface area contributed by atoms with E-state index < -0.39 is 15.7 Å². The van der Waals surface area contributed by atoms with Gasteiger partial charge in [0.1, 0.15) is 0 Å². The summed E-state index contributed by atoms with van der Waals surface area (Å²) < 4.78 is 24.0. The van der Waals surface area contributed by atoms with Crippen LogP contribution in [0.2, 0.25) is 0 Å². The Hall–Kier alpha value is -2.28. The first-order valence-electron chi connectivity index (χ1n) is 5.92. The Labute approximate surface area is 116 Å². The number of nitrogens with one attached hydrogen (secondary N) is 1. The highest BCUT2D eigenvalue weighted by molar-refractivity contribution is 7.91. The van der Waals surface area contributed by atoms with E-state index in [1.165, 1.54) is 24.5 Å². The van der Waals surface area contributed by atoms with Crippen molar-refractivity contribution in [1.29, 1.82) is 0 Å². The Morgan fingerprint density at radius 3 is 2.35 bits per heavy atom. The van der Waals surface area contributed by atoms with Crippen LogP contribution in [0.25, 0.3) is 0 Å². The Morgan fingerprint density at radius 1 is 1.05 bits per heavy atom. The number of carbonyl (C=O) groups is 1. The number of sulfone groups is 1. The summed E-state index contributed by atoms with van der Waals surface area (Å²) in [6, 6.07) is 9.66. The Balaban J connectivity index is 1.94. The number of nitrogens with zero attached hydrogens (tertiary/aromatic N) is 2. The second-order valence-electron chi connectivity index (χ2n) is 4.00. The van der Waals surface area contributed by atoms with E-state index in [9.17, 15) is 13.2 Å². The van der Waals surface area contributed by atoms with E-state index in [0.717, 1.165) is 0 Å². The van der Waals surface area contributed by atoms with Gasteiger partial charge >= 0.3 is 0 Å². The largest absolute Gasteiger partial charge is 0.295 e. The van der Waals surface area contributed by atoms with Crippen LogP contribution in [0, 0.1) is 0 Å². The van der Waals surface area contributed by atoms with E-state index >= 15 is 0 Å². The molecule has 20 heavy (non-hydrogen) atoms. The van der Waals surface area contributed by atoms with Gasteiger partial charge in [0.2, 0.25) is 11.9 Å². The first-order chi connectivity index (χ1) is 9.58. The van der Waals surface area contributed by atoms with Gasteiger partial charge < -0.3 is 0 Å². The van der Waals surface area contributed by atoms with E-state index in [0.29, 0.717) is 0 Å². The van der Waals surface area contributed by atoms with Crippen molar-refractivity contribution in [1.82, 2.24) is 9.97 Å².